The maximum atomic E-state index is 14.0. The van der Waals surface area contributed by atoms with E-state index in [0.717, 1.165) is 0 Å². The largest absolute Gasteiger partial charge is 0.379 e. The minimum atomic E-state index is -1.10. The zero-order valence-corrected chi connectivity index (χ0v) is 11.9. The predicted molar refractivity (Wildman–Crippen MR) is 72.6 cm³/mol. The first-order valence-corrected chi connectivity index (χ1v) is 7.11. The average molecular weight is 331 g/mol. The Morgan fingerprint density at radius 3 is 2.95 bits per heavy atom. The zero-order chi connectivity index (χ0) is 15.4. The second-order valence-electron chi connectivity index (χ2n) is 5.31. The highest BCUT2D eigenvalue weighted by Gasteiger charge is 2.56. The van der Waals surface area contributed by atoms with E-state index in [0.29, 0.717) is 19.8 Å². The molecule has 2 unspecified atom stereocenters. The van der Waals surface area contributed by atoms with E-state index in [9.17, 15) is 13.2 Å². The van der Waals surface area contributed by atoms with Crippen LogP contribution < -0.4 is 4.90 Å². The Morgan fingerprint density at radius 2 is 2.14 bits per heavy atom. The number of hydrogen-bond donors (Lipinski definition) is 0. The van der Waals surface area contributed by atoms with Gasteiger partial charge in [-0.15, -0.1) is 0 Å². The van der Waals surface area contributed by atoms with Crippen molar-refractivity contribution in [2.24, 2.45) is 5.92 Å². The molecule has 2 aliphatic rings. The molecule has 0 bridgehead atoms. The molecule has 0 spiro atoms. The maximum Gasteiger partial charge on any atom is 0.311 e. The van der Waals surface area contributed by atoms with Gasteiger partial charge in [0.05, 0.1) is 24.6 Å². The second-order valence-corrected chi connectivity index (χ2v) is 5.67. The van der Waals surface area contributed by atoms with Gasteiger partial charge in [-0.3, -0.25) is 0 Å². The normalized spacial score (nSPS) is 27.6. The van der Waals surface area contributed by atoms with Crippen LogP contribution in [0.15, 0.2) is 6.20 Å². The molecule has 1 aliphatic carbocycles. The molecule has 116 valence electrons. The molecule has 22 heavy (non-hydrogen) atoms. The molecule has 3 atom stereocenters. The van der Waals surface area contributed by atoms with Crippen molar-refractivity contribution < 1.29 is 17.9 Å². The smallest absolute Gasteiger partial charge is 0.311 e. The van der Waals surface area contributed by atoms with Crippen molar-refractivity contribution in [3.05, 3.63) is 23.2 Å². The molecule has 0 aromatic carbocycles. The molecule has 2 aromatic rings. The van der Waals surface area contributed by atoms with E-state index in [2.05, 4.69) is 15.0 Å². The molecule has 0 radical (unpaired) electrons. The first kappa shape index (κ1) is 14.0. The predicted octanol–water partition coefficient (Wildman–Crippen LogP) is 2.13. The Balaban J connectivity index is 1.89. The molecular weight excluding hydrogens is 321 g/mol. The fourth-order valence-electron chi connectivity index (χ4n) is 2.90. The van der Waals surface area contributed by atoms with Gasteiger partial charge in [0, 0.05) is 18.7 Å². The van der Waals surface area contributed by atoms with E-state index in [1.54, 1.807) is 4.90 Å². The summed E-state index contributed by atoms with van der Waals surface area (Å²) in [5, 5.41) is -0.202. The van der Waals surface area contributed by atoms with Crippen molar-refractivity contribution in [2.75, 3.05) is 24.7 Å². The summed E-state index contributed by atoms with van der Waals surface area (Å²) in [7, 11) is 0. The third-order valence-electron chi connectivity index (χ3n) is 4.05. The minimum absolute atomic E-state index is 0.117. The molecule has 5 nitrogen and oxygen atoms in total. The number of aromatic nitrogens is 3. The van der Waals surface area contributed by atoms with Crippen LogP contribution in [0.3, 0.4) is 0 Å². The molecule has 1 saturated heterocycles. The SMILES string of the molecule is Fc1nc(N2CCOCC3C2[C@H]3F)c2cnc(Cl)c(F)c2n1. The fraction of sp³-hybridized carbons (Fsp3) is 0.462. The van der Waals surface area contributed by atoms with Gasteiger partial charge in [0.25, 0.3) is 0 Å². The number of alkyl halides is 1. The van der Waals surface area contributed by atoms with E-state index in [4.69, 9.17) is 16.3 Å². The Bertz CT molecular complexity index is 762. The lowest BCUT2D eigenvalue weighted by molar-refractivity contribution is 0.130. The van der Waals surface area contributed by atoms with E-state index < -0.39 is 29.3 Å². The van der Waals surface area contributed by atoms with Gasteiger partial charge in [-0.2, -0.15) is 14.4 Å². The number of halogens is 4. The van der Waals surface area contributed by atoms with Crippen LogP contribution in [0.5, 0.6) is 0 Å². The highest BCUT2D eigenvalue weighted by Crippen LogP contribution is 2.44. The van der Waals surface area contributed by atoms with Gasteiger partial charge in [-0.1, -0.05) is 11.6 Å². The van der Waals surface area contributed by atoms with Crippen molar-refractivity contribution in [1.82, 2.24) is 15.0 Å². The summed E-state index contributed by atoms with van der Waals surface area (Å²) in [5.41, 5.74) is -0.264. The Kier molecular flexibility index (Phi) is 3.12. The highest BCUT2D eigenvalue weighted by atomic mass is 35.5. The molecule has 9 heteroatoms. The molecule has 1 saturated carbocycles. The summed E-state index contributed by atoms with van der Waals surface area (Å²) in [5.74, 6) is -1.08. The van der Waals surface area contributed by atoms with Crippen LogP contribution in [-0.2, 0) is 4.74 Å². The standard InChI is InChI=1S/C13H10ClF3N4O/c14-11-8(16)9-5(3-18-11)12(20-13(17)19-9)21-1-2-22-4-6-7(15)10(6)21/h3,6-7,10H,1-2,4H2/t6?,7-,10?/m0/s1. The monoisotopic (exact) mass is 330 g/mol. The molecule has 0 N–H and O–H groups in total. The van der Waals surface area contributed by atoms with Crippen LogP contribution in [0.25, 0.3) is 10.9 Å². The summed E-state index contributed by atoms with van der Waals surface area (Å²) in [6.07, 6.45) is -0.897. The lowest BCUT2D eigenvalue weighted by Crippen LogP contribution is -2.31. The number of pyridine rings is 1. The average Bonchev–Trinajstić information content (AvgIpc) is 3.18. The number of rotatable bonds is 1. The molecule has 4 rings (SSSR count). The van der Waals surface area contributed by atoms with Crippen molar-refractivity contribution in [2.45, 2.75) is 12.2 Å². The Hall–Kier alpha value is -1.67. The van der Waals surface area contributed by atoms with Crippen LogP contribution in [0.4, 0.5) is 19.0 Å². The van der Waals surface area contributed by atoms with Crippen LogP contribution in [0.2, 0.25) is 5.15 Å². The van der Waals surface area contributed by atoms with Crippen LogP contribution in [-0.4, -0.2) is 46.9 Å². The van der Waals surface area contributed by atoms with E-state index >= 15 is 0 Å². The summed E-state index contributed by atoms with van der Waals surface area (Å²) >= 11 is 5.60. The number of fused-ring (bicyclic) bond motifs is 2. The number of nitrogens with zero attached hydrogens (tertiary/aromatic N) is 4. The Labute approximate surface area is 128 Å². The molecular formula is C13H10ClF3N4O. The van der Waals surface area contributed by atoms with E-state index in [1.165, 1.54) is 6.20 Å². The van der Waals surface area contributed by atoms with Gasteiger partial charge in [0.15, 0.2) is 11.0 Å². The number of anilines is 1. The van der Waals surface area contributed by atoms with E-state index in [-0.39, 0.29) is 22.6 Å². The first-order chi connectivity index (χ1) is 10.6. The van der Waals surface area contributed by atoms with Gasteiger partial charge in [-0.25, -0.2) is 13.8 Å². The lowest BCUT2D eigenvalue weighted by Gasteiger charge is -2.23. The molecule has 2 aromatic heterocycles. The second kappa shape index (κ2) is 4.92. The lowest BCUT2D eigenvalue weighted by atomic mass is 10.2. The summed E-state index contributed by atoms with van der Waals surface area (Å²) in [6, 6.07) is -0.446. The molecule has 1 aliphatic heterocycles. The van der Waals surface area contributed by atoms with Crippen LogP contribution >= 0.6 is 11.6 Å². The van der Waals surface area contributed by atoms with Crippen molar-refractivity contribution in [1.29, 1.82) is 0 Å². The van der Waals surface area contributed by atoms with Crippen molar-refractivity contribution in [3.8, 4) is 0 Å². The minimum Gasteiger partial charge on any atom is -0.379 e. The van der Waals surface area contributed by atoms with E-state index in [1.807, 2.05) is 0 Å². The highest BCUT2D eigenvalue weighted by molar-refractivity contribution is 6.30. The third-order valence-corrected chi connectivity index (χ3v) is 4.31. The third kappa shape index (κ3) is 2.01. The van der Waals surface area contributed by atoms with Gasteiger partial charge >= 0.3 is 6.08 Å². The van der Waals surface area contributed by atoms with Gasteiger partial charge in [-0.05, 0) is 0 Å². The van der Waals surface area contributed by atoms with Gasteiger partial charge in [0.2, 0.25) is 0 Å². The number of hydrogen-bond acceptors (Lipinski definition) is 5. The van der Waals surface area contributed by atoms with Crippen LogP contribution in [0.1, 0.15) is 0 Å². The Morgan fingerprint density at radius 1 is 1.32 bits per heavy atom. The topological polar surface area (TPSA) is 51.1 Å². The van der Waals surface area contributed by atoms with Gasteiger partial charge in [0.1, 0.15) is 17.5 Å². The zero-order valence-electron chi connectivity index (χ0n) is 11.1. The molecule has 0 amide bonds. The maximum absolute atomic E-state index is 14.0. The first-order valence-electron chi connectivity index (χ1n) is 6.73. The van der Waals surface area contributed by atoms with Crippen molar-refractivity contribution >= 4 is 28.3 Å². The van der Waals surface area contributed by atoms with Crippen molar-refractivity contribution in [3.63, 3.8) is 0 Å². The summed E-state index contributed by atoms with van der Waals surface area (Å²) < 4.78 is 46.9. The fourth-order valence-corrected chi connectivity index (χ4v) is 3.04. The summed E-state index contributed by atoms with van der Waals surface area (Å²) in [4.78, 5) is 12.5. The number of ether oxygens (including phenoxy) is 1. The van der Waals surface area contributed by atoms with Gasteiger partial charge < -0.3 is 9.64 Å². The molecule has 3 heterocycles. The molecule has 2 fully saturated rings. The van der Waals surface area contributed by atoms with Crippen LogP contribution in [0, 0.1) is 17.8 Å². The quantitative estimate of drug-likeness (QED) is 0.592. The summed E-state index contributed by atoms with van der Waals surface area (Å²) in [6.45, 7) is 1.000.